The van der Waals surface area contributed by atoms with E-state index >= 15 is 0 Å². The zero-order valence-corrected chi connectivity index (χ0v) is 13.4. The number of carbonyl (C=O) groups excluding carboxylic acids is 1. The summed E-state index contributed by atoms with van der Waals surface area (Å²) in [6.07, 6.45) is 4.41. The predicted octanol–water partition coefficient (Wildman–Crippen LogP) is 2.17. The summed E-state index contributed by atoms with van der Waals surface area (Å²) in [5.74, 6) is 1.41. The second kappa shape index (κ2) is 5.88. The minimum atomic E-state index is -0.0779. The van der Waals surface area contributed by atoms with E-state index in [-0.39, 0.29) is 5.91 Å². The van der Waals surface area contributed by atoms with Gasteiger partial charge >= 0.3 is 0 Å². The van der Waals surface area contributed by atoms with Crippen LogP contribution in [0.2, 0.25) is 0 Å². The van der Waals surface area contributed by atoms with Gasteiger partial charge in [-0.1, -0.05) is 24.3 Å². The minimum absolute atomic E-state index is 0.0779. The first-order valence-electron chi connectivity index (χ1n) is 7.92. The quantitative estimate of drug-likeness (QED) is 0.726. The minimum Gasteiger partial charge on any atom is -0.333 e. The molecule has 6 nitrogen and oxygen atoms in total. The molecule has 0 unspecified atom stereocenters. The van der Waals surface area contributed by atoms with Gasteiger partial charge < -0.3 is 4.90 Å². The van der Waals surface area contributed by atoms with Gasteiger partial charge in [0.05, 0.1) is 0 Å². The Labute approximate surface area is 139 Å². The lowest BCUT2D eigenvalue weighted by Crippen LogP contribution is -2.36. The lowest BCUT2D eigenvalue weighted by molar-refractivity contribution is 0.0727. The lowest BCUT2D eigenvalue weighted by Gasteiger charge is -2.28. The Hall–Kier alpha value is -3.02. The molecule has 0 saturated heterocycles. The van der Waals surface area contributed by atoms with Gasteiger partial charge in [-0.25, -0.2) is 4.98 Å². The molecule has 1 aromatic carbocycles. The van der Waals surface area contributed by atoms with Crippen molar-refractivity contribution in [3.8, 4) is 5.82 Å². The zero-order chi connectivity index (χ0) is 16.5. The summed E-state index contributed by atoms with van der Waals surface area (Å²) in [7, 11) is 0. The second-order valence-electron chi connectivity index (χ2n) is 5.87. The van der Waals surface area contributed by atoms with Crippen LogP contribution in [0.5, 0.6) is 0 Å². The Morgan fingerprint density at radius 3 is 2.62 bits per heavy atom. The van der Waals surface area contributed by atoms with E-state index in [1.54, 1.807) is 18.3 Å². The van der Waals surface area contributed by atoms with Crippen molar-refractivity contribution in [3.05, 3.63) is 71.4 Å². The first-order valence-corrected chi connectivity index (χ1v) is 7.92. The highest BCUT2D eigenvalue weighted by atomic mass is 16.2. The van der Waals surface area contributed by atoms with E-state index < -0.39 is 0 Å². The van der Waals surface area contributed by atoms with Crippen molar-refractivity contribution >= 4 is 5.91 Å². The molecule has 0 bridgehead atoms. The van der Waals surface area contributed by atoms with Crippen LogP contribution in [0.3, 0.4) is 0 Å². The van der Waals surface area contributed by atoms with Crippen molar-refractivity contribution < 1.29 is 4.79 Å². The van der Waals surface area contributed by atoms with Gasteiger partial charge in [0.25, 0.3) is 5.91 Å². The SMILES string of the molecule is Cc1nccn1-c1ccc(C(=O)N2CCc3ccccc3C2)nn1. The standard InChI is InChI=1S/C18H17N5O/c1-13-19-9-11-23(13)17-7-6-16(20-21-17)18(24)22-10-8-14-4-2-3-5-15(14)12-22/h2-7,9,11H,8,10,12H2,1H3. The van der Waals surface area contributed by atoms with Crippen molar-refractivity contribution in [2.75, 3.05) is 6.54 Å². The van der Waals surface area contributed by atoms with Crippen LogP contribution in [0.25, 0.3) is 5.82 Å². The fourth-order valence-corrected chi connectivity index (χ4v) is 3.02. The van der Waals surface area contributed by atoms with Crippen LogP contribution in [0.4, 0.5) is 0 Å². The van der Waals surface area contributed by atoms with Crippen LogP contribution < -0.4 is 0 Å². The zero-order valence-electron chi connectivity index (χ0n) is 13.4. The Kier molecular flexibility index (Phi) is 3.57. The average Bonchev–Trinajstić information content (AvgIpc) is 3.07. The molecule has 120 valence electrons. The molecule has 6 heteroatoms. The van der Waals surface area contributed by atoms with Gasteiger partial charge in [0, 0.05) is 25.5 Å². The number of aryl methyl sites for hydroxylation is 1. The highest BCUT2D eigenvalue weighted by Gasteiger charge is 2.22. The number of nitrogens with zero attached hydrogens (tertiary/aromatic N) is 5. The molecular formula is C18H17N5O. The average molecular weight is 319 g/mol. The van der Waals surface area contributed by atoms with E-state index in [4.69, 9.17) is 0 Å². The summed E-state index contributed by atoms with van der Waals surface area (Å²) in [5.41, 5.74) is 2.89. The molecule has 0 N–H and O–H groups in total. The molecule has 0 aliphatic carbocycles. The lowest BCUT2D eigenvalue weighted by atomic mass is 10.00. The van der Waals surface area contributed by atoms with Crippen LogP contribution in [-0.4, -0.2) is 37.1 Å². The molecule has 2 aromatic heterocycles. The Balaban J connectivity index is 1.54. The van der Waals surface area contributed by atoms with Crippen molar-refractivity contribution in [3.63, 3.8) is 0 Å². The van der Waals surface area contributed by atoms with Crippen molar-refractivity contribution in [1.29, 1.82) is 0 Å². The third-order valence-corrected chi connectivity index (χ3v) is 4.36. The topological polar surface area (TPSA) is 63.9 Å². The summed E-state index contributed by atoms with van der Waals surface area (Å²) in [6, 6.07) is 11.8. The van der Waals surface area contributed by atoms with Gasteiger partial charge in [0.15, 0.2) is 11.5 Å². The Morgan fingerprint density at radius 1 is 1.08 bits per heavy atom. The van der Waals surface area contributed by atoms with E-state index in [0.29, 0.717) is 24.6 Å². The van der Waals surface area contributed by atoms with Gasteiger partial charge in [-0.3, -0.25) is 9.36 Å². The van der Waals surface area contributed by atoms with E-state index in [1.165, 1.54) is 11.1 Å². The smallest absolute Gasteiger partial charge is 0.274 e. The number of imidazole rings is 1. The van der Waals surface area contributed by atoms with E-state index in [9.17, 15) is 4.79 Å². The maximum Gasteiger partial charge on any atom is 0.274 e. The molecule has 3 heterocycles. The van der Waals surface area contributed by atoms with E-state index in [0.717, 1.165) is 12.2 Å². The molecule has 1 aliphatic rings. The largest absolute Gasteiger partial charge is 0.333 e. The van der Waals surface area contributed by atoms with Crippen LogP contribution in [0.15, 0.2) is 48.8 Å². The molecule has 4 rings (SSSR count). The summed E-state index contributed by atoms with van der Waals surface area (Å²) < 4.78 is 1.83. The van der Waals surface area contributed by atoms with E-state index in [1.807, 2.05) is 34.7 Å². The summed E-state index contributed by atoms with van der Waals surface area (Å²) in [4.78, 5) is 18.7. The summed E-state index contributed by atoms with van der Waals surface area (Å²) in [6.45, 7) is 3.23. The van der Waals surface area contributed by atoms with Crippen molar-refractivity contribution in [2.45, 2.75) is 19.9 Å². The third kappa shape index (κ3) is 2.56. The Morgan fingerprint density at radius 2 is 1.92 bits per heavy atom. The number of hydrogen-bond acceptors (Lipinski definition) is 4. The molecular weight excluding hydrogens is 302 g/mol. The van der Waals surface area contributed by atoms with Gasteiger partial charge in [-0.15, -0.1) is 10.2 Å². The number of fused-ring (bicyclic) bond motifs is 1. The van der Waals surface area contributed by atoms with Crippen LogP contribution in [0, 0.1) is 6.92 Å². The number of benzene rings is 1. The molecule has 1 amide bonds. The molecule has 0 radical (unpaired) electrons. The fourth-order valence-electron chi connectivity index (χ4n) is 3.02. The van der Waals surface area contributed by atoms with Crippen molar-refractivity contribution in [1.82, 2.24) is 24.6 Å². The maximum absolute atomic E-state index is 12.7. The summed E-state index contributed by atoms with van der Waals surface area (Å²) in [5, 5.41) is 8.28. The fraction of sp³-hybridized carbons (Fsp3) is 0.222. The highest BCUT2D eigenvalue weighted by Crippen LogP contribution is 2.20. The number of carbonyl (C=O) groups is 1. The molecule has 0 spiro atoms. The first-order chi connectivity index (χ1) is 11.7. The maximum atomic E-state index is 12.7. The molecule has 0 fully saturated rings. The normalized spacial score (nSPS) is 13.6. The van der Waals surface area contributed by atoms with Crippen LogP contribution in [0.1, 0.15) is 27.4 Å². The van der Waals surface area contributed by atoms with Gasteiger partial charge in [-0.05, 0) is 36.6 Å². The predicted molar refractivity (Wildman–Crippen MR) is 88.8 cm³/mol. The van der Waals surface area contributed by atoms with Crippen molar-refractivity contribution in [2.24, 2.45) is 0 Å². The molecule has 3 aromatic rings. The van der Waals surface area contributed by atoms with Gasteiger partial charge in [0.2, 0.25) is 0 Å². The number of amides is 1. The second-order valence-corrected chi connectivity index (χ2v) is 5.87. The number of hydrogen-bond donors (Lipinski definition) is 0. The number of rotatable bonds is 2. The van der Waals surface area contributed by atoms with E-state index in [2.05, 4.69) is 27.3 Å². The van der Waals surface area contributed by atoms with Gasteiger partial charge in [-0.2, -0.15) is 0 Å². The monoisotopic (exact) mass is 319 g/mol. The number of aromatic nitrogens is 4. The van der Waals surface area contributed by atoms with Crippen LogP contribution >= 0.6 is 0 Å². The summed E-state index contributed by atoms with van der Waals surface area (Å²) >= 11 is 0. The first kappa shape index (κ1) is 14.6. The Bertz CT molecular complexity index is 884. The van der Waals surface area contributed by atoms with Crippen LogP contribution in [-0.2, 0) is 13.0 Å². The molecule has 0 saturated carbocycles. The molecule has 1 aliphatic heterocycles. The molecule has 0 atom stereocenters. The highest BCUT2D eigenvalue weighted by molar-refractivity contribution is 5.92. The van der Waals surface area contributed by atoms with Gasteiger partial charge in [0.1, 0.15) is 5.82 Å². The third-order valence-electron chi connectivity index (χ3n) is 4.36. The molecule has 24 heavy (non-hydrogen) atoms.